The highest BCUT2D eigenvalue weighted by Crippen LogP contribution is 2.26. The van der Waals surface area contributed by atoms with E-state index in [1.807, 2.05) is 13.0 Å². The second-order valence-electron chi connectivity index (χ2n) is 5.06. The highest BCUT2D eigenvalue weighted by atomic mass is 16.5. The van der Waals surface area contributed by atoms with E-state index < -0.39 is 0 Å². The van der Waals surface area contributed by atoms with Crippen molar-refractivity contribution in [3.8, 4) is 5.75 Å². The van der Waals surface area contributed by atoms with Gasteiger partial charge >= 0.3 is 0 Å². The monoisotopic (exact) mass is 249 g/mol. The Balaban J connectivity index is 1.96. The van der Waals surface area contributed by atoms with Gasteiger partial charge in [0.25, 0.3) is 0 Å². The summed E-state index contributed by atoms with van der Waals surface area (Å²) in [7, 11) is 0. The predicted molar refractivity (Wildman–Crippen MR) is 74.2 cm³/mol. The summed E-state index contributed by atoms with van der Waals surface area (Å²) in [6, 6.07) is 6.66. The van der Waals surface area contributed by atoms with Crippen molar-refractivity contribution in [1.29, 1.82) is 0 Å². The molecule has 3 heteroatoms. The largest absolute Gasteiger partial charge is 0.494 e. The van der Waals surface area contributed by atoms with Crippen molar-refractivity contribution < 1.29 is 9.84 Å². The Morgan fingerprint density at radius 3 is 2.61 bits per heavy atom. The van der Waals surface area contributed by atoms with Crippen molar-refractivity contribution in [2.75, 3.05) is 11.9 Å². The highest BCUT2D eigenvalue weighted by Gasteiger charge is 2.19. The quantitative estimate of drug-likeness (QED) is 0.861. The van der Waals surface area contributed by atoms with E-state index in [-0.39, 0.29) is 6.10 Å². The first-order valence-electron chi connectivity index (χ1n) is 6.87. The maximum Gasteiger partial charge on any atom is 0.119 e. The van der Waals surface area contributed by atoms with E-state index in [0.717, 1.165) is 31.4 Å². The van der Waals surface area contributed by atoms with E-state index in [9.17, 15) is 5.11 Å². The number of aryl methyl sites for hydroxylation is 1. The Kier molecular flexibility index (Phi) is 4.48. The van der Waals surface area contributed by atoms with E-state index >= 15 is 0 Å². The molecule has 0 saturated heterocycles. The van der Waals surface area contributed by atoms with Gasteiger partial charge in [-0.2, -0.15) is 0 Å². The van der Waals surface area contributed by atoms with Crippen LogP contribution >= 0.6 is 0 Å². The molecule has 1 saturated carbocycles. The molecule has 0 bridgehead atoms. The second-order valence-corrected chi connectivity index (χ2v) is 5.06. The summed E-state index contributed by atoms with van der Waals surface area (Å²) >= 11 is 0. The van der Waals surface area contributed by atoms with Gasteiger partial charge in [-0.3, -0.25) is 0 Å². The lowest BCUT2D eigenvalue weighted by Gasteiger charge is -2.27. The van der Waals surface area contributed by atoms with Crippen LogP contribution in [0.1, 0.15) is 38.2 Å². The lowest BCUT2D eigenvalue weighted by molar-refractivity contribution is 0.126. The molecule has 3 nitrogen and oxygen atoms in total. The van der Waals surface area contributed by atoms with Crippen LogP contribution in [0, 0.1) is 6.92 Å². The molecule has 18 heavy (non-hydrogen) atoms. The molecule has 0 radical (unpaired) electrons. The molecule has 1 aromatic carbocycles. The number of anilines is 1. The number of aliphatic hydroxyl groups is 1. The minimum absolute atomic E-state index is 0.0931. The van der Waals surface area contributed by atoms with Gasteiger partial charge in [0.2, 0.25) is 0 Å². The van der Waals surface area contributed by atoms with Crippen molar-refractivity contribution in [3.63, 3.8) is 0 Å². The molecule has 100 valence electrons. The molecule has 0 amide bonds. The fourth-order valence-corrected chi connectivity index (χ4v) is 2.49. The molecule has 0 unspecified atom stereocenters. The van der Waals surface area contributed by atoms with Gasteiger partial charge in [0.15, 0.2) is 0 Å². The molecule has 0 atom stereocenters. The van der Waals surface area contributed by atoms with Gasteiger partial charge in [0, 0.05) is 11.7 Å². The standard InChI is InChI=1S/C15H23NO2/c1-3-18-14-8-9-15(11(2)10-14)16-12-4-6-13(17)7-5-12/h8-10,12-13,16-17H,3-7H2,1-2H3. The molecule has 1 aliphatic carbocycles. The van der Waals surface area contributed by atoms with Crippen LogP contribution in [0.3, 0.4) is 0 Å². The first kappa shape index (κ1) is 13.2. The van der Waals surface area contributed by atoms with Gasteiger partial charge in [-0.1, -0.05) is 0 Å². The first-order chi connectivity index (χ1) is 8.69. The molecule has 2 N–H and O–H groups in total. The van der Waals surface area contributed by atoms with Crippen LogP contribution in [-0.2, 0) is 0 Å². The van der Waals surface area contributed by atoms with Crippen molar-refractivity contribution >= 4 is 5.69 Å². The maximum absolute atomic E-state index is 9.50. The van der Waals surface area contributed by atoms with Crippen LogP contribution in [-0.4, -0.2) is 23.9 Å². The fourth-order valence-electron chi connectivity index (χ4n) is 2.49. The number of nitrogens with one attached hydrogen (secondary N) is 1. The van der Waals surface area contributed by atoms with Gasteiger partial charge in [-0.25, -0.2) is 0 Å². The third-order valence-corrected chi connectivity index (χ3v) is 3.57. The summed E-state index contributed by atoms with van der Waals surface area (Å²) in [4.78, 5) is 0. The minimum Gasteiger partial charge on any atom is -0.494 e. The summed E-state index contributed by atoms with van der Waals surface area (Å²) < 4.78 is 5.48. The maximum atomic E-state index is 9.50. The Bertz CT molecular complexity index is 384. The molecule has 0 heterocycles. The average Bonchev–Trinajstić information content (AvgIpc) is 2.36. The van der Waals surface area contributed by atoms with Crippen LogP contribution in [0.25, 0.3) is 0 Å². The van der Waals surface area contributed by atoms with Crippen LogP contribution < -0.4 is 10.1 Å². The first-order valence-corrected chi connectivity index (χ1v) is 6.87. The topological polar surface area (TPSA) is 41.5 Å². The Labute approximate surface area is 109 Å². The molecular formula is C15H23NO2. The van der Waals surface area contributed by atoms with E-state index in [1.54, 1.807) is 0 Å². The lowest BCUT2D eigenvalue weighted by Crippen LogP contribution is -2.28. The molecule has 0 spiro atoms. The normalized spacial score (nSPS) is 23.7. The van der Waals surface area contributed by atoms with Gasteiger partial charge in [-0.05, 0) is 63.3 Å². The number of hydrogen-bond acceptors (Lipinski definition) is 3. The minimum atomic E-state index is -0.0931. The van der Waals surface area contributed by atoms with Crippen molar-refractivity contribution in [2.24, 2.45) is 0 Å². The summed E-state index contributed by atoms with van der Waals surface area (Å²) in [5.41, 5.74) is 2.40. The van der Waals surface area contributed by atoms with Crippen molar-refractivity contribution in [3.05, 3.63) is 23.8 Å². The summed E-state index contributed by atoms with van der Waals surface area (Å²) in [6.07, 6.45) is 3.83. The smallest absolute Gasteiger partial charge is 0.119 e. The number of rotatable bonds is 4. The average molecular weight is 249 g/mol. The number of hydrogen-bond donors (Lipinski definition) is 2. The molecule has 0 aromatic heterocycles. The van der Waals surface area contributed by atoms with E-state index in [2.05, 4.69) is 24.4 Å². The van der Waals surface area contributed by atoms with Crippen molar-refractivity contribution in [2.45, 2.75) is 51.7 Å². The zero-order valence-electron chi connectivity index (χ0n) is 11.3. The number of ether oxygens (including phenoxy) is 1. The molecule has 0 aliphatic heterocycles. The third-order valence-electron chi connectivity index (χ3n) is 3.57. The van der Waals surface area contributed by atoms with E-state index in [1.165, 1.54) is 11.3 Å². The van der Waals surface area contributed by atoms with Gasteiger partial charge in [0.05, 0.1) is 12.7 Å². The SMILES string of the molecule is CCOc1ccc(NC2CCC(O)CC2)c(C)c1. The zero-order valence-corrected chi connectivity index (χ0v) is 11.3. The Hall–Kier alpha value is -1.22. The Morgan fingerprint density at radius 2 is 2.00 bits per heavy atom. The molecule has 2 rings (SSSR count). The summed E-state index contributed by atoms with van der Waals surface area (Å²) in [5.74, 6) is 0.930. The van der Waals surface area contributed by atoms with Crippen LogP contribution in [0.2, 0.25) is 0 Å². The number of benzene rings is 1. The zero-order chi connectivity index (χ0) is 13.0. The van der Waals surface area contributed by atoms with Crippen LogP contribution in [0.4, 0.5) is 5.69 Å². The number of aliphatic hydroxyl groups excluding tert-OH is 1. The summed E-state index contributed by atoms with van der Waals surface area (Å²) in [5, 5.41) is 13.1. The summed E-state index contributed by atoms with van der Waals surface area (Å²) in [6.45, 7) is 4.80. The molecule has 1 aliphatic rings. The van der Waals surface area contributed by atoms with E-state index in [0.29, 0.717) is 12.6 Å². The van der Waals surface area contributed by atoms with Gasteiger partial charge in [-0.15, -0.1) is 0 Å². The van der Waals surface area contributed by atoms with Gasteiger partial charge in [0.1, 0.15) is 5.75 Å². The van der Waals surface area contributed by atoms with Crippen molar-refractivity contribution in [1.82, 2.24) is 0 Å². The molecule has 1 fully saturated rings. The van der Waals surface area contributed by atoms with Crippen LogP contribution in [0.5, 0.6) is 5.75 Å². The lowest BCUT2D eigenvalue weighted by atomic mass is 9.93. The van der Waals surface area contributed by atoms with Gasteiger partial charge < -0.3 is 15.2 Å². The van der Waals surface area contributed by atoms with Crippen LogP contribution in [0.15, 0.2) is 18.2 Å². The predicted octanol–water partition coefficient (Wildman–Crippen LogP) is 3.11. The highest BCUT2D eigenvalue weighted by molar-refractivity contribution is 5.54. The molecule has 1 aromatic rings. The van der Waals surface area contributed by atoms with E-state index in [4.69, 9.17) is 4.74 Å². The third kappa shape index (κ3) is 3.39. The molecular weight excluding hydrogens is 226 g/mol. The second kappa shape index (κ2) is 6.10. The Morgan fingerprint density at radius 1 is 1.28 bits per heavy atom. The fraction of sp³-hybridized carbons (Fsp3) is 0.600.